The van der Waals surface area contributed by atoms with Crippen molar-refractivity contribution in [1.29, 1.82) is 0 Å². The molecule has 1 atom stereocenters. The summed E-state index contributed by atoms with van der Waals surface area (Å²) in [6.45, 7) is 21.0. The monoisotopic (exact) mass is 638 g/mol. The molecule has 0 nitrogen and oxygen atoms in total. The molecule has 0 spiro atoms. The van der Waals surface area contributed by atoms with Crippen LogP contribution in [0, 0.1) is 23.5 Å². The maximum atomic E-state index is 3.82. The minimum absolute atomic E-state index is 0. The van der Waals surface area contributed by atoms with E-state index in [2.05, 4.69) is 103 Å². The number of rotatable bonds is 8. The first-order valence-corrected chi connectivity index (χ1v) is 15.2. The van der Waals surface area contributed by atoms with Gasteiger partial charge in [0.15, 0.2) is 0 Å². The molecule has 3 heteroatoms. The van der Waals surface area contributed by atoms with Gasteiger partial charge in [-0.15, -0.1) is 23.8 Å². The molecule has 210 valence electrons. The van der Waals surface area contributed by atoms with Crippen LogP contribution >= 0.6 is 0 Å². The molecule has 0 radical (unpaired) electrons. The number of benzene rings is 2. The van der Waals surface area contributed by atoms with E-state index in [1.165, 1.54) is 71.9 Å². The van der Waals surface area contributed by atoms with Gasteiger partial charge in [0.05, 0.1) is 0 Å². The smallest absolute Gasteiger partial charge is 1.00 e. The molecule has 39 heavy (non-hydrogen) atoms. The van der Waals surface area contributed by atoms with Gasteiger partial charge < -0.3 is 24.8 Å². The van der Waals surface area contributed by atoms with Crippen LogP contribution in [-0.4, -0.2) is 3.21 Å². The van der Waals surface area contributed by atoms with Gasteiger partial charge in [0.1, 0.15) is 0 Å². The second-order valence-electron chi connectivity index (χ2n) is 11.1. The first-order chi connectivity index (χ1) is 17.6. The first-order valence-electron chi connectivity index (χ1n) is 13.9. The summed E-state index contributed by atoms with van der Waals surface area (Å²) in [4.78, 5) is 0. The molecule has 0 aromatic heterocycles. The minimum atomic E-state index is 0. The molecule has 4 rings (SSSR count). The van der Waals surface area contributed by atoms with Gasteiger partial charge in [-0.1, -0.05) is 81.0 Å². The summed E-state index contributed by atoms with van der Waals surface area (Å²) in [5.41, 5.74) is 9.28. The maximum Gasteiger partial charge on any atom is -1.00 e. The third kappa shape index (κ3) is 12.4. The molecule has 2 aromatic carbocycles. The van der Waals surface area contributed by atoms with Gasteiger partial charge in [-0.3, -0.25) is 6.08 Å². The van der Waals surface area contributed by atoms with Gasteiger partial charge in [0, 0.05) is 0 Å². The predicted octanol–water partition coefficient (Wildman–Crippen LogP) is 4.41. The number of halogens is 2. The number of hydrogen-bond acceptors (Lipinski definition) is 0. The second-order valence-corrected chi connectivity index (χ2v) is 12.8. The molecular weight excluding hydrogens is 595 g/mol. The average molecular weight is 641 g/mol. The molecule has 2 aliphatic rings. The SMILES string of the molecule is C=Cc1c[c-]c2c(c1)-c1cc(C=C)ccc1C2.CC1[C-]=CC(C(C)(C)C)=C1.CCCC[C](=[Zr+2])CCCC.[Cl-].[Cl-]. The summed E-state index contributed by atoms with van der Waals surface area (Å²) >= 11 is 1.67. The fourth-order valence-electron chi connectivity index (χ4n) is 4.32. The van der Waals surface area contributed by atoms with E-state index in [0.29, 0.717) is 11.3 Å². The number of unbranched alkanes of at least 4 members (excludes halogenated alkanes) is 2. The largest absolute Gasteiger partial charge is 1.00 e. The third-order valence-electron chi connectivity index (χ3n) is 6.77. The molecular formula is C36H46Cl2Zr-2. The van der Waals surface area contributed by atoms with Crippen molar-refractivity contribution in [3.63, 3.8) is 0 Å². The zero-order valence-electron chi connectivity index (χ0n) is 24.9. The van der Waals surface area contributed by atoms with Crippen molar-refractivity contribution in [2.24, 2.45) is 11.3 Å². The number of hydrogen-bond donors (Lipinski definition) is 0. The van der Waals surface area contributed by atoms with Crippen LogP contribution in [0.2, 0.25) is 0 Å². The molecule has 0 aliphatic heterocycles. The fraction of sp³-hybridized carbons (Fsp3) is 0.417. The van der Waals surface area contributed by atoms with Gasteiger partial charge in [-0.05, 0) is 12.0 Å². The Morgan fingerprint density at radius 1 is 0.974 bits per heavy atom. The Morgan fingerprint density at radius 2 is 1.56 bits per heavy atom. The van der Waals surface area contributed by atoms with E-state index < -0.39 is 0 Å². The van der Waals surface area contributed by atoms with Crippen molar-refractivity contribution < 1.29 is 49.0 Å². The Hall–Kier alpha value is -1.27. The van der Waals surface area contributed by atoms with Crippen LogP contribution < -0.4 is 24.8 Å². The van der Waals surface area contributed by atoms with Crippen molar-refractivity contribution >= 4 is 15.4 Å². The van der Waals surface area contributed by atoms with E-state index in [9.17, 15) is 0 Å². The Morgan fingerprint density at radius 3 is 2.03 bits per heavy atom. The van der Waals surface area contributed by atoms with E-state index in [-0.39, 0.29) is 24.8 Å². The fourth-order valence-corrected chi connectivity index (χ4v) is 5.19. The van der Waals surface area contributed by atoms with Crippen LogP contribution in [0.3, 0.4) is 0 Å². The Balaban J connectivity index is 0.000000577. The van der Waals surface area contributed by atoms with Gasteiger partial charge in [0.25, 0.3) is 0 Å². The van der Waals surface area contributed by atoms with Crippen molar-refractivity contribution in [2.75, 3.05) is 0 Å². The van der Waals surface area contributed by atoms with Gasteiger partial charge in [0.2, 0.25) is 0 Å². The summed E-state index contributed by atoms with van der Waals surface area (Å²) in [7, 11) is 0. The quantitative estimate of drug-likeness (QED) is 0.321. The van der Waals surface area contributed by atoms with Crippen molar-refractivity contribution in [3.8, 4) is 11.1 Å². The van der Waals surface area contributed by atoms with Crippen LogP contribution in [0.4, 0.5) is 0 Å². The molecule has 0 N–H and O–H groups in total. The molecule has 0 heterocycles. The van der Waals surface area contributed by atoms with Crippen molar-refractivity contribution in [1.82, 2.24) is 0 Å². The van der Waals surface area contributed by atoms with Crippen molar-refractivity contribution in [3.05, 3.63) is 95.6 Å². The van der Waals surface area contributed by atoms with Crippen LogP contribution in [0.25, 0.3) is 23.3 Å². The Bertz CT molecular complexity index is 1070. The van der Waals surface area contributed by atoms with Gasteiger partial charge >= 0.3 is 79.8 Å². The number of allylic oxidation sites excluding steroid dienone is 4. The molecule has 0 amide bonds. The van der Waals surface area contributed by atoms with Crippen LogP contribution in [-0.2, 0) is 30.7 Å². The second kappa shape index (κ2) is 19.0. The summed E-state index contributed by atoms with van der Waals surface area (Å²) < 4.78 is 1.79. The van der Waals surface area contributed by atoms with E-state index in [1.807, 2.05) is 18.2 Å². The molecule has 2 aromatic rings. The zero-order valence-corrected chi connectivity index (χ0v) is 28.9. The van der Waals surface area contributed by atoms with E-state index in [0.717, 1.165) is 12.0 Å². The summed E-state index contributed by atoms with van der Waals surface area (Å²) in [6.07, 6.45) is 20.7. The van der Waals surface area contributed by atoms with Crippen LogP contribution in [0.5, 0.6) is 0 Å². The standard InChI is InChI=1S/C17H13.C10H15.C9H18.2ClH.Zr/c1-3-12-5-7-14-11-15-8-6-13(4-2)10-17(15)16(14)9-12;1-8-5-6-9(7-8)10(2,3)4;1-3-5-7-9-8-6-4-2;;;/h3-7,9-10H,1-2,11H2;6-8H,1-4H3;3-8H2,1-2H3;2*1H;/q2*-1;;;;+2/p-2. The third-order valence-corrected chi connectivity index (χ3v) is 8.00. The Labute approximate surface area is 267 Å². The van der Waals surface area contributed by atoms with E-state index in [1.54, 1.807) is 27.4 Å². The molecule has 0 bridgehead atoms. The molecule has 2 aliphatic carbocycles. The molecule has 0 saturated carbocycles. The zero-order chi connectivity index (χ0) is 27.4. The Kier molecular flexibility index (Phi) is 18.3. The van der Waals surface area contributed by atoms with Crippen LogP contribution in [0.15, 0.2) is 61.2 Å². The molecule has 0 fully saturated rings. The van der Waals surface area contributed by atoms with E-state index >= 15 is 0 Å². The maximum absolute atomic E-state index is 3.82. The summed E-state index contributed by atoms with van der Waals surface area (Å²) in [5.74, 6) is 0.522. The average Bonchev–Trinajstić information content (AvgIpc) is 3.49. The topological polar surface area (TPSA) is 0 Å². The van der Waals surface area contributed by atoms with Gasteiger partial charge in [-0.25, -0.2) is 6.08 Å². The minimum Gasteiger partial charge on any atom is -1.00 e. The normalized spacial score (nSPS) is 14.2. The van der Waals surface area contributed by atoms with Crippen LogP contribution in [0.1, 0.15) is 102 Å². The van der Waals surface area contributed by atoms with Gasteiger partial charge in [-0.2, -0.15) is 35.4 Å². The van der Waals surface area contributed by atoms with Crippen molar-refractivity contribution in [2.45, 2.75) is 86.5 Å². The molecule has 1 unspecified atom stereocenters. The molecule has 0 saturated heterocycles. The number of fused-ring (bicyclic) bond motifs is 3. The summed E-state index contributed by atoms with van der Waals surface area (Å²) in [5, 5.41) is 0. The predicted molar refractivity (Wildman–Crippen MR) is 162 cm³/mol. The van der Waals surface area contributed by atoms with E-state index in [4.69, 9.17) is 0 Å². The summed E-state index contributed by atoms with van der Waals surface area (Å²) in [6, 6.07) is 14.1. The first kappa shape index (κ1) is 37.7.